The lowest BCUT2D eigenvalue weighted by atomic mass is 10.0. The number of carbonyl (C=O) groups excluding carboxylic acids is 1. The largest absolute Gasteiger partial charge is 0.337 e. The Kier molecular flexibility index (Phi) is 5.37. The van der Waals surface area contributed by atoms with Gasteiger partial charge < -0.3 is 9.47 Å². The van der Waals surface area contributed by atoms with Crippen LogP contribution in [0.3, 0.4) is 0 Å². The minimum absolute atomic E-state index is 0.0445. The number of benzene rings is 2. The summed E-state index contributed by atoms with van der Waals surface area (Å²) in [7, 11) is 0. The van der Waals surface area contributed by atoms with Crippen molar-refractivity contribution < 1.29 is 4.79 Å². The zero-order valence-corrected chi connectivity index (χ0v) is 17.3. The van der Waals surface area contributed by atoms with Crippen molar-refractivity contribution in [2.45, 2.75) is 38.4 Å². The lowest BCUT2D eigenvalue weighted by Crippen LogP contribution is -2.38. The number of nitrogens with zero attached hydrogens (tertiary/aromatic N) is 4. The van der Waals surface area contributed by atoms with Crippen LogP contribution in [0.2, 0.25) is 0 Å². The molecule has 1 atom stereocenters. The molecule has 3 heterocycles. The molecule has 1 amide bonds. The van der Waals surface area contributed by atoms with E-state index in [2.05, 4.69) is 64.1 Å². The van der Waals surface area contributed by atoms with Gasteiger partial charge in [0.25, 0.3) is 5.91 Å². The van der Waals surface area contributed by atoms with E-state index < -0.39 is 0 Å². The zero-order chi connectivity index (χ0) is 20.3. The molecule has 5 nitrogen and oxygen atoms in total. The standard InChI is InChI=1S/C25H28N4O/c30-25(27-14-8-3-9-15-27)22-19-29-17-16-28(18-20-10-4-1-5-11-20)23(24(29)26-22)21-12-6-2-7-13-21/h1-2,4-7,10-13,19,23H,3,8-9,14-18H2. The van der Waals surface area contributed by atoms with Crippen LogP contribution in [-0.4, -0.2) is 44.9 Å². The van der Waals surface area contributed by atoms with Crippen molar-refractivity contribution in [3.63, 3.8) is 0 Å². The Morgan fingerprint density at radius 1 is 0.867 bits per heavy atom. The molecule has 154 valence electrons. The molecule has 2 aliphatic rings. The second kappa shape index (κ2) is 8.44. The Morgan fingerprint density at radius 3 is 2.30 bits per heavy atom. The molecule has 0 aliphatic carbocycles. The molecule has 1 saturated heterocycles. The lowest BCUT2D eigenvalue weighted by molar-refractivity contribution is 0.0718. The molecule has 0 saturated carbocycles. The van der Waals surface area contributed by atoms with Crippen molar-refractivity contribution in [1.29, 1.82) is 0 Å². The third-order valence-electron chi connectivity index (χ3n) is 6.25. The van der Waals surface area contributed by atoms with Crippen LogP contribution in [0, 0.1) is 0 Å². The molecular formula is C25H28N4O. The summed E-state index contributed by atoms with van der Waals surface area (Å²) >= 11 is 0. The number of rotatable bonds is 4. The van der Waals surface area contributed by atoms with E-state index in [-0.39, 0.29) is 11.9 Å². The van der Waals surface area contributed by atoms with Gasteiger partial charge in [0.1, 0.15) is 11.5 Å². The van der Waals surface area contributed by atoms with E-state index in [0.29, 0.717) is 5.69 Å². The van der Waals surface area contributed by atoms with E-state index in [1.165, 1.54) is 17.5 Å². The van der Waals surface area contributed by atoms with Crippen molar-refractivity contribution in [2.75, 3.05) is 19.6 Å². The summed E-state index contributed by atoms with van der Waals surface area (Å²) in [4.78, 5) is 22.4. The first-order valence-electron chi connectivity index (χ1n) is 11.0. The van der Waals surface area contributed by atoms with Crippen molar-refractivity contribution in [1.82, 2.24) is 19.4 Å². The second-order valence-electron chi connectivity index (χ2n) is 8.30. The van der Waals surface area contributed by atoms with Crippen molar-refractivity contribution in [3.05, 3.63) is 89.5 Å². The molecule has 0 spiro atoms. The number of hydrogen-bond acceptors (Lipinski definition) is 3. The van der Waals surface area contributed by atoms with E-state index in [0.717, 1.165) is 51.4 Å². The highest BCUT2D eigenvalue weighted by Crippen LogP contribution is 2.33. The highest BCUT2D eigenvalue weighted by Gasteiger charge is 2.33. The third kappa shape index (κ3) is 3.77. The summed E-state index contributed by atoms with van der Waals surface area (Å²) in [5, 5.41) is 0. The summed E-state index contributed by atoms with van der Waals surface area (Å²) in [5.74, 6) is 1.06. The molecule has 1 aromatic heterocycles. The van der Waals surface area contributed by atoms with Gasteiger partial charge in [-0.1, -0.05) is 60.7 Å². The number of aromatic nitrogens is 2. The van der Waals surface area contributed by atoms with Crippen LogP contribution in [0.15, 0.2) is 66.9 Å². The Bertz CT molecular complexity index is 993. The van der Waals surface area contributed by atoms with Crippen molar-refractivity contribution in [2.24, 2.45) is 0 Å². The van der Waals surface area contributed by atoms with Crippen LogP contribution >= 0.6 is 0 Å². The fourth-order valence-corrected chi connectivity index (χ4v) is 4.70. The van der Waals surface area contributed by atoms with Gasteiger partial charge in [0.05, 0.1) is 6.04 Å². The van der Waals surface area contributed by atoms with E-state index in [4.69, 9.17) is 4.98 Å². The molecule has 2 aliphatic heterocycles. The maximum Gasteiger partial charge on any atom is 0.274 e. The van der Waals surface area contributed by atoms with Gasteiger partial charge in [0.2, 0.25) is 0 Å². The van der Waals surface area contributed by atoms with E-state index in [1.54, 1.807) is 0 Å². The Labute approximate surface area is 178 Å². The first kappa shape index (κ1) is 19.1. The fraction of sp³-hybridized carbons (Fsp3) is 0.360. The minimum Gasteiger partial charge on any atom is -0.337 e. The number of carbonyl (C=O) groups is 1. The lowest BCUT2D eigenvalue weighted by Gasteiger charge is -2.36. The first-order valence-corrected chi connectivity index (χ1v) is 11.0. The molecule has 2 aromatic carbocycles. The number of hydrogen-bond donors (Lipinski definition) is 0. The van der Waals surface area contributed by atoms with E-state index in [9.17, 15) is 4.79 Å². The van der Waals surface area contributed by atoms with Gasteiger partial charge in [-0.3, -0.25) is 9.69 Å². The quantitative estimate of drug-likeness (QED) is 0.662. The van der Waals surface area contributed by atoms with Gasteiger partial charge in [-0.2, -0.15) is 0 Å². The maximum atomic E-state index is 13.1. The second-order valence-corrected chi connectivity index (χ2v) is 8.30. The summed E-state index contributed by atoms with van der Waals surface area (Å²) in [6.45, 7) is 4.34. The first-order chi connectivity index (χ1) is 14.8. The third-order valence-corrected chi connectivity index (χ3v) is 6.25. The number of likely N-dealkylation sites (tertiary alicyclic amines) is 1. The molecule has 3 aromatic rings. The van der Waals surface area contributed by atoms with Crippen molar-refractivity contribution >= 4 is 5.91 Å². The van der Waals surface area contributed by atoms with Crippen LogP contribution < -0.4 is 0 Å². The Hall–Kier alpha value is -2.92. The molecule has 1 unspecified atom stereocenters. The normalized spacial score (nSPS) is 19.5. The van der Waals surface area contributed by atoms with Gasteiger partial charge >= 0.3 is 0 Å². The van der Waals surface area contributed by atoms with Crippen LogP contribution in [0.4, 0.5) is 0 Å². The predicted octanol–water partition coefficient (Wildman–Crippen LogP) is 4.11. The average molecular weight is 401 g/mol. The topological polar surface area (TPSA) is 41.4 Å². The Balaban J connectivity index is 1.48. The number of imidazole rings is 1. The number of amides is 1. The molecule has 0 N–H and O–H groups in total. The molecule has 5 rings (SSSR count). The van der Waals surface area contributed by atoms with Gasteiger partial charge in [-0.15, -0.1) is 0 Å². The number of piperidine rings is 1. The fourth-order valence-electron chi connectivity index (χ4n) is 4.70. The van der Waals surface area contributed by atoms with Gasteiger partial charge in [-0.25, -0.2) is 4.98 Å². The van der Waals surface area contributed by atoms with Crippen LogP contribution in [0.25, 0.3) is 0 Å². The average Bonchev–Trinajstić information content (AvgIpc) is 3.24. The molecular weight excluding hydrogens is 372 g/mol. The highest BCUT2D eigenvalue weighted by molar-refractivity contribution is 5.92. The SMILES string of the molecule is O=C(c1cn2c(n1)C(c1ccccc1)N(Cc1ccccc1)CC2)N1CCCCC1. The molecule has 0 bridgehead atoms. The smallest absolute Gasteiger partial charge is 0.274 e. The summed E-state index contributed by atoms with van der Waals surface area (Å²) < 4.78 is 2.19. The van der Waals surface area contributed by atoms with E-state index >= 15 is 0 Å². The van der Waals surface area contributed by atoms with Crippen LogP contribution in [-0.2, 0) is 13.1 Å². The summed E-state index contributed by atoms with van der Waals surface area (Å²) in [6.07, 6.45) is 5.38. The van der Waals surface area contributed by atoms with Crippen LogP contribution in [0.5, 0.6) is 0 Å². The van der Waals surface area contributed by atoms with Crippen LogP contribution in [0.1, 0.15) is 52.7 Å². The van der Waals surface area contributed by atoms with Crippen molar-refractivity contribution in [3.8, 4) is 0 Å². The molecule has 1 fully saturated rings. The van der Waals surface area contributed by atoms with E-state index in [1.807, 2.05) is 17.2 Å². The van der Waals surface area contributed by atoms with Gasteiger partial charge in [-0.05, 0) is 30.4 Å². The van der Waals surface area contributed by atoms with Gasteiger partial charge in [0.15, 0.2) is 0 Å². The molecule has 30 heavy (non-hydrogen) atoms. The zero-order valence-electron chi connectivity index (χ0n) is 17.3. The molecule has 0 radical (unpaired) electrons. The number of fused-ring (bicyclic) bond motifs is 1. The summed E-state index contributed by atoms with van der Waals surface area (Å²) in [5.41, 5.74) is 3.11. The summed E-state index contributed by atoms with van der Waals surface area (Å²) in [6, 6.07) is 21.2. The van der Waals surface area contributed by atoms with Gasteiger partial charge in [0, 0.05) is 38.9 Å². The Morgan fingerprint density at radius 2 is 1.57 bits per heavy atom. The highest BCUT2D eigenvalue weighted by atomic mass is 16.2. The monoisotopic (exact) mass is 400 g/mol. The predicted molar refractivity (Wildman–Crippen MR) is 117 cm³/mol. The molecule has 5 heteroatoms. The minimum atomic E-state index is 0.0445. The maximum absolute atomic E-state index is 13.1.